The lowest BCUT2D eigenvalue weighted by atomic mass is 10.1. The Labute approximate surface area is 148 Å². The maximum atomic E-state index is 12.3. The third kappa shape index (κ3) is 4.27. The molecule has 2 aromatic carbocycles. The number of benzene rings is 2. The first-order chi connectivity index (χ1) is 11.7. The Bertz CT molecular complexity index is 713. The first-order valence-corrected chi connectivity index (χ1v) is 8.94. The first kappa shape index (κ1) is 16.8. The zero-order valence-corrected chi connectivity index (χ0v) is 14.5. The zero-order valence-electron chi connectivity index (χ0n) is 13.7. The molecule has 0 radical (unpaired) electrons. The fourth-order valence-corrected chi connectivity index (χ4v) is 3.24. The monoisotopic (exact) mass is 339 g/mol. The van der Waals surface area contributed by atoms with Crippen molar-refractivity contribution in [3.05, 3.63) is 70.8 Å². The summed E-state index contributed by atoms with van der Waals surface area (Å²) in [5.74, 6) is -0.00247. The van der Waals surface area contributed by atoms with Crippen molar-refractivity contribution >= 4 is 29.1 Å². The van der Waals surface area contributed by atoms with E-state index in [4.69, 9.17) is 11.6 Å². The largest absolute Gasteiger partial charge is 0.372 e. The summed E-state index contributed by atoms with van der Waals surface area (Å²) in [7, 11) is 0. The van der Waals surface area contributed by atoms with Crippen LogP contribution in [0.4, 0.5) is 5.69 Å². The van der Waals surface area contributed by atoms with E-state index >= 15 is 0 Å². The van der Waals surface area contributed by atoms with E-state index in [9.17, 15) is 4.79 Å². The molecule has 0 spiro atoms. The molecule has 1 saturated heterocycles. The number of allylic oxidation sites excluding steroid dienone is 1. The molecule has 3 rings (SSSR count). The van der Waals surface area contributed by atoms with Gasteiger partial charge in [-0.05, 0) is 60.9 Å². The maximum Gasteiger partial charge on any atom is 0.185 e. The molecule has 1 fully saturated rings. The van der Waals surface area contributed by atoms with E-state index in [-0.39, 0.29) is 5.78 Å². The van der Waals surface area contributed by atoms with Gasteiger partial charge >= 0.3 is 0 Å². The lowest BCUT2D eigenvalue weighted by molar-refractivity contribution is 0.104. The van der Waals surface area contributed by atoms with E-state index in [1.165, 1.54) is 31.4 Å². The molecule has 0 aliphatic carbocycles. The van der Waals surface area contributed by atoms with Crippen LogP contribution in [0.3, 0.4) is 0 Å². The molecule has 0 bridgehead atoms. The highest BCUT2D eigenvalue weighted by atomic mass is 35.5. The van der Waals surface area contributed by atoms with Gasteiger partial charge in [-0.25, -0.2) is 0 Å². The van der Waals surface area contributed by atoms with Crippen LogP contribution in [-0.2, 0) is 0 Å². The molecule has 0 saturated carbocycles. The van der Waals surface area contributed by atoms with Gasteiger partial charge in [0.05, 0.1) is 0 Å². The second kappa shape index (κ2) is 8.16. The fourth-order valence-electron chi connectivity index (χ4n) is 3.04. The Kier molecular flexibility index (Phi) is 5.71. The topological polar surface area (TPSA) is 20.3 Å². The van der Waals surface area contributed by atoms with Gasteiger partial charge < -0.3 is 4.90 Å². The number of carbonyl (C=O) groups excluding carboxylic acids is 1. The van der Waals surface area contributed by atoms with Gasteiger partial charge in [-0.1, -0.05) is 42.6 Å². The molecule has 24 heavy (non-hydrogen) atoms. The Morgan fingerprint density at radius 1 is 0.917 bits per heavy atom. The van der Waals surface area contributed by atoms with Gasteiger partial charge in [0.1, 0.15) is 0 Å². The number of carbonyl (C=O) groups is 1. The van der Waals surface area contributed by atoms with Crippen molar-refractivity contribution < 1.29 is 4.79 Å². The molecule has 0 unspecified atom stereocenters. The van der Waals surface area contributed by atoms with Crippen LogP contribution < -0.4 is 4.90 Å². The normalized spacial score (nSPS) is 15.5. The number of nitrogens with zero attached hydrogens (tertiary/aromatic N) is 1. The van der Waals surface area contributed by atoms with Gasteiger partial charge in [-0.3, -0.25) is 4.79 Å². The van der Waals surface area contributed by atoms with Gasteiger partial charge in [-0.2, -0.15) is 0 Å². The van der Waals surface area contributed by atoms with Crippen molar-refractivity contribution in [2.45, 2.75) is 25.7 Å². The van der Waals surface area contributed by atoms with Crippen LogP contribution in [0.5, 0.6) is 0 Å². The van der Waals surface area contributed by atoms with Crippen LogP contribution in [0.25, 0.3) is 6.08 Å². The number of hydrogen-bond donors (Lipinski definition) is 0. The summed E-state index contributed by atoms with van der Waals surface area (Å²) in [5, 5.41) is 0.651. The Balaban J connectivity index is 1.68. The van der Waals surface area contributed by atoms with Crippen LogP contribution in [0.15, 0.2) is 54.6 Å². The number of ketones is 1. The SMILES string of the molecule is O=C(/C=C/c1ccccc1Cl)c1ccc(N2CCCCCC2)cc1. The number of hydrogen-bond acceptors (Lipinski definition) is 2. The quantitative estimate of drug-likeness (QED) is 0.532. The molecule has 2 nitrogen and oxygen atoms in total. The van der Waals surface area contributed by atoms with E-state index < -0.39 is 0 Å². The molecule has 0 amide bonds. The van der Waals surface area contributed by atoms with Gasteiger partial charge in [0, 0.05) is 29.4 Å². The van der Waals surface area contributed by atoms with Crippen LogP contribution in [0.2, 0.25) is 5.02 Å². The van der Waals surface area contributed by atoms with Crippen LogP contribution in [0, 0.1) is 0 Å². The van der Waals surface area contributed by atoms with E-state index in [0.717, 1.165) is 18.7 Å². The Hall–Kier alpha value is -2.06. The van der Waals surface area contributed by atoms with Crippen molar-refractivity contribution in [2.24, 2.45) is 0 Å². The molecular formula is C21H22ClNO. The van der Waals surface area contributed by atoms with Crippen LogP contribution in [-0.4, -0.2) is 18.9 Å². The number of halogens is 1. The smallest absolute Gasteiger partial charge is 0.185 e. The van der Waals surface area contributed by atoms with Crippen molar-refractivity contribution in [1.29, 1.82) is 0 Å². The van der Waals surface area contributed by atoms with Crippen molar-refractivity contribution in [3.63, 3.8) is 0 Å². The molecule has 124 valence electrons. The second-order valence-corrected chi connectivity index (χ2v) is 6.57. The third-order valence-corrected chi connectivity index (χ3v) is 4.79. The summed E-state index contributed by atoms with van der Waals surface area (Å²) in [6, 6.07) is 15.5. The predicted molar refractivity (Wildman–Crippen MR) is 102 cm³/mol. The summed E-state index contributed by atoms with van der Waals surface area (Å²) in [5.41, 5.74) is 2.77. The molecule has 0 N–H and O–H groups in total. The van der Waals surface area contributed by atoms with E-state index in [0.29, 0.717) is 10.6 Å². The summed E-state index contributed by atoms with van der Waals surface area (Å²) >= 11 is 6.11. The minimum atomic E-state index is -0.00247. The zero-order chi connectivity index (χ0) is 16.8. The van der Waals surface area contributed by atoms with Gasteiger partial charge in [0.15, 0.2) is 5.78 Å². The van der Waals surface area contributed by atoms with E-state index in [1.54, 1.807) is 12.2 Å². The average molecular weight is 340 g/mol. The van der Waals surface area contributed by atoms with Gasteiger partial charge in [0.2, 0.25) is 0 Å². The summed E-state index contributed by atoms with van der Waals surface area (Å²) in [6.07, 6.45) is 8.50. The molecule has 1 heterocycles. The summed E-state index contributed by atoms with van der Waals surface area (Å²) in [6.45, 7) is 2.22. The molecule has 1 aliphatic heterocycles. The molecule has 0 aromatic heterocycles. The molecule has 3 heteroatoms. The standard InChI is InChI=1S/C21H22ClNO/c22-20-8-4-3-7-17(20)11-14-21(24)18-9-12-19(13-10-18)23-15-5-1-2-6-16-23/h3-4,7-14H,1-2,5-6,15-16H2/b14-11+. The minimum absolute atomic E-state index is 0.00247. The first-order valence-electron chi connectivity index (χ1n) is 8.56. The lowest BCUT2D eigenvalue weighted by Gasteiger charge is -2.22. The molecule has 1 aliphatic rings. The van der Waals surface area contributed by atoms with E-state index in [2.05, 4.69) is 17.0 Å². The van der Waals surface area contributed by atoms with Crippen LogP contribution in [0.1, 0.15) is 41.6 Å². The highest BCUT2D eigenvalue weighted by Gasteiger charge is 2.10. The number of rotatable bonds is 4. The fraction of sp³-hybridized carbons (Fsp3) is 0.286. The van der Waals surface area contributed by atoms with Crippen molar-refractivity contribution in [2.75, 3.05) is 18.0 Å². The highest BCUT2D eigenvalue weighted by molar-refractivity contribution is 6.32. The predicted octanol–water partition coefficient (Wildman–Crippen LogP) is 5.62. The molecular weight excluding hydrogens is 318 g/mol. The molecule has 2 aromatic rings. The summed E-state index contributed by atoms with van der Waals surface area (Å²) < 4.78 is 0. The van der Waals surface area contributed by atoms with Crippen LogP contribution >= 0.6 is 11.6 Å². The van der Waals surface area contributed by atoms with Crippen molar-refractivity contribution in [3.8, 4) is 0 Å². The highest BCUT2D eigenvalue weighted by Crippen LogP contribution is 2.21. The minimum Gasteiger partial charge on any atom is -0.372 e. The lowest BCUT2D eigenvalue weighted by Crippen LogP contribution is -2.23. The maximum absolute atomic E-state index is 12.3. The second-order valence-electron chi connectivity index (χ2n) is 6.17. The van der Waals surface area contributed by atoms with Crippen molar-refractivity contribution in [1.82, 2.24) is 0 Å². The Morgan fingerprint density at radius 3 is 2.25 bits per heavy atom. The van der Waals surface area contributed by atoms with Gasteiger partial charge in [0.25, 0.3) is 0 Å². The Morgan fingerprint density at radius 2 is 1.58 bits per heavy atom. The van der Waals surface area contributed by atoms with Gasteiger partial charge in [-0.15, -0.1) is 0 Å². The third-order valence-electron chi connectivity index (χ3n) is 4.44. The number of anilines is 1. The summed E-state index contributed by atoms with van der Waals surface area (Å²) in [4.78, 5) is 14.7. The van der Waals surface area contributed by atoms with E-state index in [1.807, 2.05) is 36.4 Å². The average Bonchev–Trinajstić information content (AvgIpc) is 2.90. The molecule has 0 atom stereocenters.